The summed E-state index contributed by atoms with van der Waals surface area (Å²) in [6.07, 6.45) is -0.146. The first-order valence-electron chi connectivity index (χ1n) is 5.64. The fourth-order valence-electron chi connectivity index (χ4n) is 1.40. The van der Waals surface area contributed by atoms with Crippen molar-refractivity contribution in [3.05, 3.63) is 29.6 Å². The van der Waals surface area contributed by atoms with Crippen LogP contribution in [0.25, 0.3) is 0 Å². The van der Waals surface area contributed by atoms with Crippen LogP contribution < -0.4 is 9.62 Å². The van der Waals surface area contributed by atoms with E-state index in [0.717, 1.165) is 10.4 Å². The second kappa shape index (κ2) is 6.98. The molecule has 0 aromatic heterocycles. The summed E-state index contributed by atoms with van der Waals surface area (Å²) >= 11 is 3.94. The van der Waals surface area contributed by atoms with E-state index in [9.17, 15) is 14.0 Å². The maximum Gasteiger partial charge on any atom is 0.331 e. The van der Waals surface area contributed by atoms with Gasteiger partial charge in [0, 0.05) is 7.05 Å². The first-order chi connectivity index (χ1) is 8.99. The number of amides is 2. The molecule has 0 aliphatic carbocycles. The average Bonchev–Trinajstić information content (AvgIpc) is 2.39. The zero-order chi connectivity index (χ0) is 14.4. The Bertz CT molecular complexity index is 482. The third-order valence-corrected chi connectivity index (χ3v) is 2.74. The summed E-state index contributed by atoms with van der Waals surface area (Å²) in [5, 5.41) is 2.36. The molecule has 0 aliphatic rings. The number of nitrogens with one attached hydrogen (secondary N) is 1. The van der Waals surface area contributed by atoms with Gasteiger partial charge in [-0.3, -0.25) is 4.79 Å². The van der Waals surface area contributed by atoms with Crippen molar-refractivity contribution in [3.8, 4) is 0 Å². The van der Waals surface area contributed by atoms with E-state index in [0.29, 0.717) is 0 Å². The molecule has 0 atom stereocenters. The lowest BCUT2D eigenvalue weighted by Crippen LogP contribution is -2.31. The van der Waals surface area contributed by atoms with Crippen LogP contribution in [0.5, 0.6) is 0 Å². The van der Waals surface area contributed by atoms with Crippen LogP contribution in [0.1, 0.15) is 12.5 Å². The molecule has 0 saturated carbocycles. The summed E-state index contributed by atoms with van der Waals surface area (Å²) in [5.74, 6) is -1.09. The van der Waals surface area contributed by atoms with Gasteiger partial charge < -0.3 is 10.1 Å². The quantitative estimate of drug-likeness (QED) is 0.657. The van der Waals surface area contributed by atoms with Crippen LogP contribution in [0, 0.1) is 5.82 Å². The number of hydrogen-bond acceptors (Lipinski definition) is 4. The maximum absolute atomic E-state index is 13.8. The van der Waals surface area contributed by atoms with Gasteiger partial charge in [-0.25, -0.2) is 13.5 Å². The van der Waals surface area contributed by atoms with E-state index in [1.807, 2.05) is 0 Å². The highest BCUT2D eigenvalue weighted by Gasteiger charge is 2.14. The number of carbonyl (C=O) groups is 2. The van der Waals surface area contributed by atoms with Crippen molar-refractivity contribution in [2.75, 3.05) is 18.0 Å². The third kappa shape index (κ3) is 4.13. The predicted octanol–water partition coefficient (Wildman–Crippen LogP) is 1.92. The van der Waals surface area contributed by atoms with Crippen molar-refractivity contribution >= 4 is 30.5 Å². The van der Waals surface area contributed by atoms with E-state index in [-0.39, 0.29) is 24.3 Å². The van der Waals surface area contributed by atoms with Gasteiger partial charge in [0.2, 0.25) is 0 Å². The first-order valence-corrected chi connectivity index (χ1v) is 6.04. The molecule has 104 valence electrons. The van der Waals surface area contributed by atoms with Crippen molar-refractivity contribution in [1.29, 1.82) is 0 Å². The lowest BCUT2D eigenvalue weighted by Gasteiger charge is -2.15. The van der Waals surface area contributed by atoms with Crippen LogP contribution in [0.15, 0.2) is 18.2 Å². The maximum atomic E-state index is 13.8. The van der Waals surface area contributed by atoms with E-state index in [1.165, 1.54) is 19.2 Å². The number of urea groups is 1. The van der Waals surface area contributed by atoms with E-state index >= 15 is 0 Å². The van der Waals surface area contributed by atoms with Crippen LogP contribution in [0.3, 0.4) is 0 Å². The molecule has 0 bridgehead atoms. The number of benzene rings is 1. The molecule has 0 spiro atoms. The number of esters is 1. The Morgan fingerprint density at radius 3 is 2.68 bits per heavy atom. The number of carbonyl (C=O) groups excluding carboxylic acids is 2. The highest BCUT2D eigenvalue weighted by Crippen LogP contribution is 2.20. The monoisotopic (exact) mass is 286 g/mol. The molecule has 1 aromatic rings. The Balaban J connectivity index is 2.85. The van der Waals surface area contributed by atoms with Crippen molar-refractivity contribution in [3.63, 3.8) is 0 Å². The number of rotatable bonds is 4. The number of halogens is 1. The van der Waals surface area contributed by atoms with Gasteiger partial charge >= 0.3 is 12.0 Å². The van der Waals surface area contributed by atoms with Gasteiger partial charge in [0.1, 0.15) is 5.82 Å². The van der Waals surface area contributed by atoms with Gasteiger partial charge in [-0.15, -0.1) is 0 Å². The van der Waals surface area contributed by atoms with Crippen LogP contribution >= 0.6 is 12.8 Å². The van der Waals surface area contributed by atoms with Crippen molar-refractivity contribution in [2.45, 2.75) is 13.3 Å². The average molecular weight is 286 g/mol. The highest BCUT2D eigenvalue weighted by molar-refractivity contribution is 7.82. The minimum atomic E-state index is -0.589. The SMILES string of the molecule is CCOC(=O)Cc1ccc(N(S)C(=O)NC)cc1F. The molecular weight excluding hydrogens is 271 g/mol. The minimum Gasteiger partial charge on any atom is -0.466 e. The summed E-state index contributed by atoms with van der Waals surface area (Å²) in [5.41, 5.74) is 0.480. The molecule has 1 rings (SSSR count). The number of ether oxygens (including phenoxy) is 1. The molecule has 0 fully saturated rings. The second-order valence-electron chi connectivity index (χ2n) is 3.62. The molecule has 2 amide bonds. The topological polar surface area (TPSA) is 58.6 Å². The summed E-state index contributed by atoms with van der Waals surface area (Å²) in [4.78, 5) is 22.6. The van der Waals surface area contributed by atoms with E-state index in [2.05, 4.69) is 18.1 Å². The zero-order valence-corrected chi connectivity index (χ0v) is 11.5. The number of anilines is 1. The van der Waals surface area contributed by atoms with Gasteiger partial charge in [-0.05, 0) is 24.6 Å². The van der Waals surface area contributed by atoms with E-state index < -0.39 is 17.8 Å². The molecule has 5 nitrogen and oxygen atoms in total. The molecule has 0 radical (unpaired) electrons. The molecule has 19 heavy (non-hydrogen) atoms. The van der Waals surface area contributed by atoms with Crippen molar-refractivity contribution in [2.24, 2.45) is 0 Å². The van der Waals surface area contributed by atoms with Crippen LogP contribution in [-0.2, 0) is 16.0 Å². The molecule has 1 N–H and O–H groups in total. The van der Waals surface area contributed by atoms with Gasteiger partial charge in [0.05, 0.1) is 18.7 Å². The Labute approximate surface area is 116 Å². The Morgan fingerprint density at radius 1 is 1.47 bits per heavy atom. The van der Waals surface area contributed by atoms with E-state index in [1.54, 1.807) is 6.92 Å². The zero-order valence-electron chi connectivity index (χ0n) is 10.6. The first kappa shape index (κ1) is 15.3. The van der Waals surface area contributed by atoms with Crippen LogP contribution in [0.4, 0.5) is 14.9 Å². The molecule has 0 heterocycles. The molecular formula is C12H15FN2O3S. The molecule has 0 saturated heterocycles. The smallest absolute Gasteiger partial charge is 0.331 e. The number of hydrogen-bond donors (Lipinski definition) is 2. The van der Waals surface area contributed by atoms with Gasteiger partial charge in [-0.2, -0.15) is 0 Å². The largest absolute Gasteiger partial charge is 0.466 e. The number of thiol groups is 1. The normalized spacial score (nSPS) is 9.89. The summed E-state index contributed by atoms with van der Waals surface area (Å²) in [6.45, 7) is 1.93. The second-order valence-corrected chi connectivity index (χ2v) is 4.02. The Morgan fingerprint density at radius 2 is 2.16 bits per heavy atom. The molecule has 1 aromatic carbocycles. The minimum absolute atomic E-state index is 0.146. The van der Waals surface area contributed by atoms with E-state index in [4.69, 9.17) is 4.74 Å². The lowest BCUT2D eigenvalue weighted by molar-refractivity contribution is -0.142. The molecule has 0 unspecified atom stereocenters. The predicted molar refractivity (Wildman–Crippen MR) is 72.7 cm³/mol. The van der Waals surface area contributed by atoms with Gasteiger partial charge in [-0.1, -0.05) is 18.9 Å². The third-order valence-electron chi connectivity index (χ3n) is 2.33. The summed E-state index contributed by atoms with van der Waals surface area (Å²) in [6, 6.07) is 3.57. The summed E-state index contributed by atoms with van der Waals surface area (Å²) in [7, 11) is 1.44. The summed E-state index contributed by atoms with van der Waals surface area (Å²) < 4.78 is 19.5. The fraction of sp³-hybridized carbons (Fsp3) is 0.333. The Hall–Kier alpha value is -1.76. The van der Waals surface area contributed by atoms with Crippen LogP contribution in [-0.4, -0.2) is 25.7 Å². The van der Waals surface area contributed by atoms with Gasteiger partial charge in [0.25, 0.3) is 0 Å². The molecule has 0 aliphatic heterocycles. The standard InChI is InChI=1S/C12H15FN2O3S/c1-3-18-11(16)6-8-4-5-9(7-10(8)13)15(19)12(17)14-2/h4-5,7,19H,3,6H2,1-2H3,(H,14,17). The van der Waals surface area contributed by atoms with Crippen molar-refractivity contribution < 1.29 is 18.7 Å². The molecule has 7 heteroatoms. The highest BCUT2D eigenvalue weighted by atomic mass is 32.1. The fourth-order valence-corrected chi connectivity index (χ4v) is 1.63. The lowest BCUT2D eigenvalue weighted by atomic mass is 10.1. The van der Waals surface area contributed by atoms with Gasteiger partial charge in [0.15, 0.2) is 0 Å². The van der Waals surface area contributed by atoms with Crippen molar-refractivity contribution in [1.82, 2.24) is 5.32 Å². The number of nitrogens with zero attached hydrogens (tertiary/aromatic N) is 1. The Kier molecular flexibility index (Phi) is 5.62. The van der Waals surface area contributed by atoms with Crippen LogP contribution in [0.2, 0.25) is 0 Å².